The van der Waals surface area contributed by atoms with Crippen LogP contribution in [0.15, 0.2) is 6.20 Å². The van der Waals surface area contributed by atoms with Gasteiger partial charge in [-0.3, -0.25) is 9.69 Å². The van der Waals surface area contributed by atoms with Crippen LogP contribution < -0.4 is 10.2 Å². The van der Waals surface area contributed by atoms with Crippen molar-refractivity contribution >= 4 is 11.9 Å². The molecule has 1 amide bonds. The van der Waals surface area contributed by atoms with E-state index in [0.717, 1.165) is 101 Å². The van der Waals surface area contributed by atoms with Crippen molar-refractivity contribution in [3.05, 3.63) is 17.5 Å². The molecular formula is C22H35N5O2. The topological polar surface area (TPSA) is 70.6 Å². The van der Waals surface area contributed by atoms with Gasteiger partial charge in [0.1, 0.15) is 0 Å². The number of aromatic nitrogens is 2. The van der Waals surface area contributed by atoms with Crippen molar-refractivity contribution in [2.75, 3.05) is 57.4 Å². The summed E-state index contributed by atoms with van der Waals surface area (Å²) in [4.78, 5) is 26.8. The Balaban J connectivity index is 1.23. The van der Waals surface area contributed by atoms with Gasteiger partial charge in [-0.15, -0.1) is 0 Å². The van der Waals surface area contributed by atoms with Crippen LogP contribution in [0.3, 0.4) is 0 Å². The van der Waals surface area contributed by atoms with Crippen LogP contribution in [-0.2, 0) is 22.4 Å². The molecule has 160 valence electrons. The quantitative estimate of drug-likeness (QED) is 0.731. The Morgan fingerprint density at radius 3 is 2.79 bits per heavy atom. The molecule has 2 aliphatic heterocycles. The van der Waals surface area contributed by atoms with E-state index in [1.165, 1.54) is 12.8 Å². The Morgan fingerprint density at radius 1 is 1.21 bits per heavy atom. The molecule has 0 unspecified atom stereocenters. The van der Waals surface area contributed by atoms with Gasteiger partial charge in [0.2, 0.25) is 11.9 Å². The van der Waals surface area contributed by atoms with Crippen molar-refractivity contribution in [2.45, 2.75) is 45.4 Å². The zero-order chi connectivity index (χ0) is 20.1. The average Bonchev–Trinajstić information content (AvgIpc) is 2.77. The van der Waals surface area contributed by atoms with Crippen LogP contribution in [0.5, 0.6) is 0 Å². The summed E-state index contributed by atoms with van der Waals surface area (Å²) in [5.74, 6) is 1.92. The second-order valence-electron chi connectivity index (χ2n) is 8.85. The summed E-state index contributed by atoms with van der Waals surface area (Å²) in [6, 6.07) is 0. The Morgan fingerprint density at radius 2 is 2.00 bits per heavy atom. The zero-order valence-electron chi connectivity index (χ0n) is 17.7. The highest BCUT2D eigenvalue weighted by molar-refractivity contribution is 5.79. The van der Waals surface area contributed by atoms with Crippen molar-refractivity contribution in [1.82, 2.24) is 20.2 Å². The lowest BCUT2D eigenvalue weighted by molar-refractivity contribution is -0.125. The first-order valence-electron chi connectivity index (χ1n) is 11.4. The van der Waals surface area contributed by atoms with Gasteiger partial charge in [-0.05, 0) is 56.6 Å². The molecule has 2 fully saturated rings. The number of ether oxygens (including phenoxy) is 1. The highest BCUT2D eigenvalue weighted by Crippen LogP contribution is 2.27. The normalized spacial score (nSPS) is 23.6. The van der Waals surface area contributed by atoms with Gasteiger partial charge in [0, 0.05) is 50.5 Å². The number of nitrogens with one attached hydrogen (secondary N) is 1. The van der Waals surface area contributed by atoms with Gasteiger partial charge in [0.25, 0.3) is 0 Å². The van der Waals surface area contributed by atoms with Gasteiger partial charge in [0.15, 0.2) is 0 Å². The van der Waals surface area contributed by atoms with Crippen molar-refractivity contribution in [3.8, 4) is 0 Å². The van der Waals surface area contributed by atoms with Crippen molar-refractivity contribution in [1.29, 1.82) is 0 Å². The van der Waals surface area contributed by atoms with E-state index in [1.54, 1.807) is 0 Å². The fourth-order valence-corrected chi connectivity index (χ4v) is 4.57. The van der Waals surface area contributed by atoms with Crippen molar-refractivity contribution < 1.29 is 9.53 Å². The Bertz CT molecular complexity index is 684. The minimum atomic E-state index is 0.0520. The van der Waals surface area contributed by atoms with E-state index in [0.29, 0.717) is 0 Å². The number of aryl methyl sites for hydroxylation is 1. The number of fused-ring (bicyclic) bond motifs is 1. The largest absolute Gasteiger partial charge is 0.379 e. The van der Waals surface area contributed by atoms with Crippen LogP contribution in [0.2, 0.25) is 0 Å². The molecule has 7 nitrogen and oxygen atoms in total. The third kappa shape index (κ3) is 5.45. The van der Waals surface area contributed by atoms with Crippen LogP contribution >= 0.6 is 0 Å². The minimum absolute atomic E-state index is 0.0520. The summed E-state index contributed by atoms with van der Waals surface area (Å²) in [6.07, 6.45) is 7.92. The molecule has 29 heavy (non-hydrogen) atoms. The summed E-state index contributed by atoms with van der Waals surface area (Å²) in [5, 5.41) is 3.14. The number of nitrogens with zero attached hydrogens (tertiary/aromatic N) is 4. The van der Waals surface area contributed by atoms with E-state index >= 15 is 0 Å². The first-order valence-corrected chi connectivity index (χ1v) is 11.4. The number of hydrogen-bond acceptors (Lipinski definition) is 6. The third-order valence-electron chi connectivity index (χ3n) is 6.63. The van der Waals surface area contributed by atoms with Gasteiger partial charge in [-0.2, -0.15) is 0 Å². The molecule has 0 bridgehead atoms. The smallest absolute Gasteiger partial charge is 0.225 e. The highest BCUT2D eigenvalue weighted by atomic mass is 16.5. The van der Waals surface area contributed by atoms with Gasteiger partial charge < -0.3 is 15.0 Å². The summed E-state index contributed by atoms with van der Waals surface area (Å²) in [6.45, 7) is 9.87. The molecular weight excluding hydrogens is 366 g/mol. The molecule has 0 spiro atoms. The number of anilines is 1. The molecule has 3 heterocycles. The molecule has 0 saturated carbocycles. The van der Waals surface area contributed by atoms with Gasteiger partial charge in [-0.25, -0.2) is 9.97 Å². The van der Waals surface area contributed by atoms with Crippen LogP contribution in [0.4, 0.5) is 5.95 Å². The fraction of sp³-hybridized carbons (Fsp3) is 0.773. The molecule has 3 aliphatic rings. The molecule has 4 rings (SSSR count). The second-order valence-corrected chi connectivity index (χ2v) is 8.85. The Labute approximate surface area is 174 Å². The number of hydrogen-bond donors (Lipinski definition) is 1. The average molecular weight is 402 g/mol. The SMILES string of the molecule is CC1CCN(c2ncc3c(n2)CC[C@@H](C(=O)NCCCN2CCOCC2)C3)CC1. The van der Waals surface area contributed by atoms with Crippen LogP contribution in [-0.4, -0.2) is 73.3 Å². The molecule has 1 aromatic rings. The lowest BCUT2D eigenvalue weighted by Crippen LogP contribution is -2.39. The Hall–Kier alpha value is -1.73. The number of rotatable bonds is 6. The van der Waals surface area contributed by atoms with Crippen molar-refractivity contribution in [2.24, 2.45) is 11.8 Å². The minimum Gasteiger partial charge on any atom is -0.379 e. The molecule has 1 atom stereocenters. The lowest BCUT2D eigenvalue weighted by atomic mass is 9.86. The van der Waals surface area contributed by atoms with E-state index in [4.69, 9.17) is 9.72 Å². The molecule has 0 aromatic carbocycles. The highest BCUT2D eigenvalue weighted by Gasteiger charge is 2.27. The maximum Gasteiger partial charge on any atom is 0.225 e. The van der Waals surface area contributed by atoms with Crippen LogP contribution in [0.25, 0.3) is 0 Å². The zero-order valence-corrected chi connectivity index (χ0v) is 17.7. The summed E-state index contributed by atoms with van der Waals surface area (Å²) in [7, 11) is 0. The molecule has 2 saturated heterocycles. The maximum absolute atomic E-state index is 12.6. The Kier molecular flexibility index (Phi) is 6.98. The molecule has 1 aromatic heterocycles. The maximum atomic E-state index is 12.6. The summed E-state index contributed by atoms with van der Waals surface area (Å²) in [5.41, 5.74) is 2.30. The standard InChI is InChI=1S/C22H35N5O2/c1-17-5-9-27(10-6-17)22-24-16-19-15-18(3-4-20(19)25-22)21(28)23-7-2-8-26-11-13-29-14-12-26/h16-18H,2-15H2,1H3,(H,23,28)/t18-/m1/s1. The van der Waals surface area contributed by atoms with Gasteiger partial charge >= 0.3 is 0 Å². The summed E-state index contributed by atoms with van der Waals surface area (Å²) < 4.78 is 5.37. The number of morpholine rings is 1. The van der Waals surface area contributed by atoms with Gasteiger partial charge in [0.05, 0.1) is 13.2 Å². The van der Waals surface area contributed by atoms with Gasteiger partial charge in [-0.1, -0.05) is 6.92 Å². The second kappa shape index (κ2) is 9.85. The first kappa shape index (κ1) is 20.5. The lowest BCUT2D eigenvalue weighted by Gasteiger charge is -2.31. The first-order chi connectivity index (χ1) is 14.2. The van der Waals surface area contributed by atoms with Crippen LogP contribution in [0.1, 0.15) is 43.9 Å². The van der Waals surface area contributed by atoms with E-state index in [1.807, 2.05) is 6.20 Å². The predicted molar refractivity (Wildman–Crippen MR) is 113 cm³/mol. The number of carbonyl (C=O) groups excluding carboxylic acids is 1. The number of carbonyl (C=O) groups is 1. The van der Waals surface area contributed by atoms with E-state index in [9.17, 15) is 4.79 Å². The summed E-state index contributed by atoms with van der Waals surface area (Å²) >= 11 is 0. The monoisotopic (exact) mass is 401 g/mol. The molecule has 0 radical (unpaired) electrons. The fourth-order valence-electron chi connectivity index (χ4n) is 4.57. The van der Waals surface area contributed by atoms with E-state index in [2.05, 4.69) is 27.0 Å². The molecule has 1 aliphatic carbocycles. The third-order valence-corrected chi connectivity index (χ3v) is 6.63. The van der Waals surface area contributed by atoms with Crippen LogP contribution in [0, 0.1) is 11.8 Å². The number of piperidine rings is 1. The predicted octanol–water partition coefficient (Wildman–Crippen LogP) is 1.66. The van der Waals surface area contributed by atoms with E-state index in [-0.39, 0.29) is 11.8 Å². The van der Waals surface area contributed by atoms with Crippen molar-refractivity contribution in [3.63, 3.8) is 0 Å². The molecule has 1 N–H and O–H groups in total. The number of amides is 1. The van der Waals surface area contributed by atoms with E-state index < -0.39 is 0 Å². The molecule has 7 heteroatoms.